The van der Waals surface area contributed by atoms with Crippen molar-refractivity contribution in [2.45, 2.75) is 72.5 Å². The molecule has 0 aliphatic heterocycles. The Hall–Kier alpha value is -1.32. The molecule has 1 atom stereocenters. The molecule has 1 rings (SSSR count). The van der Waals surface area contributed by atoms with Crippen LogP contribution in [0.15, 0.2) is 12.2 Å². The second-order valence-corrected chi connectivity index (χ2v) is 8.03. The van der Waals surface area contributed by atoms with Crippen molar-refractivity contribution in [3.05, 3.63) is 12.2 Å². The molecule has 0 N–H and O–H groups in total. The zero-order chi connectivity index (χ0) is 16.6. The van der Waals surface area contributed by atoms with Gasteiger partial charge >= 0.3 is 11.9 Å². The molecule has 0 radical (unpaired) electrons. The van der Waals surface area contributed by atoms with Crippen LogP contribution in [-0.2, 0) is 19.1 Å². The Balaban J connectivity index is 3.11. The Bertz CT molecular complexity index is 420. The number of carbonyl (C=O) groups excluding carboxylic acids is 2. The molecule has 1 aliphatic rings. The number of hydrogen-bond donors (Lipinski definition) is 0. The van der Waals surface area contributed by atoms with Crippen molar-refractivity contribution in [2.24, 2.45) is 11.3 Å². The highest BCUT2D eigenvalue weighted by Gasteiger charge is 2.55. The van der Waals surface area contributed by atoms with Crippen molar-refractivity contribution in [1.82, 2.24) is 0 Å². The molecule has 0 heterocycles. The van der Waals surface area contributed by atoms with Crippen LogP contribution in [0.25, 0.3) is 0 Å². The summed E-state index contributed by atoms with van der Waals surface area (Å²) in [7, 11) is 0. The van der Waals surface area contributed by atoms with E-state index in [1.54, 1.807) is 41.5 Å². The molecule has 0 aromatic carbocycles. The topological polar surface area (TPSA) is 52.6 Å². The normalized spacial score (nSPS) is 22.0. The lowest BCUT2D eigenvalue weighted by Crippen LogP contribution is -2.45. The Morgan fingerprint density at radius 2 is 1.43 bits per heavy atom. The molecule has 1 aliphatic carbocycles. The van der Waals surface area contributed by atoms with Gasteiger partial charge in [-0.25, -0.2) is 0 Å². The van der Waals surface area contributed by atoms with Crippen LogP contribution in [0.4, 0.5) is 0 Å². The smallest absolute Gasteiger partial charge is 0.324 e. The molecular weight excluding hydrogens is 268 g/mol. The van der Waals surface area contributed by atoms with Gasteiger partial charge in [0.25, 0.3) is 0 Å². The van der Waals surface area contributed by atoms with Gasteiger partial charge in [-0.05, 0) is 60.3 Å². The molecule has 0 spiro atoms. The molecule has 120 valence electrons. The molecule has 21 heavy (non-hydrogen) atoms. The molecule has 0 amide bonds. The van der Waals surface area contributed by atoms with E-state index in [-0.39, 0.29) is 5.92 Å². The molecule has 0 saturated heterocycles. The summed E-state index contributed by atoms with van der Waals surface area (Å²) in [4.78, 5) is 25.3. The maximum atomic E-state index is 12.6. The summed E-state index contributed by atoms with van der Waals surface area (Å²) >= 11 is 0. The van der Waals surface area contributed by atoms with Crippen molar-refractivity contribution < 1.29 is 19.1 Å². The predicted molar refractivity (Wildman–Crippen MR) is 81.7 cm³/mol. The van der Waals surface area contributed by atoms with E-state index in [0.29, 0.717) is 12.8 Å². The number of carbonyl (C=O) groups is 2. The fourth-order valence-electron chi connectivity index (χ4n) is 2.45. The van der Waals surface area contributed by atoms with Crippen LogP contribution in [0, 0.1) is 11.3 Å². The standard InChI is InChI=1S/C17H28O4/c1-11-9-17(10-12(11)2,13(18)20-15(3,4)5)14(19)21-16(6,7)8/h12H,1,9-10H2,2-8H3/t12-/m1/s1. The summed E-state index contributed by atoms with van der Waals surface area (Å²) in [6.07, 6.45) is 0.702. The van der Waals surface area contributed by atoms with Crippen LogP contribution in [0.1, 0.15) is 61.3 Å². The van der Waals surface area contributed by atoms with E-state index in [4.69, 9.17) is 9.47 Å². The first-order valence-electron chi connectivity index (χ1n) is 7.41. The van der Waals surface area contributed by atoms with Crippen LogP contribution in [0.3, 0.4) is 0 Å². The van der Waals surface area contributed by atoms with Crippen molar-refractivity contribution in [1.29, 1.82) is 0 Å². The van der Waals surface area contributed by atoms with E-state index in [0.717, 1.165) is 5.57 Å². The van der Waals surface area contributed by atoms with Gasteiger partial charge in [-0.2, -0.15) is 0 Å². The maximum absolute atomic E-state index is 12.6. The van der Waals surface area contributed by atoms with Gasteiger partial charge in [-0.3, -0.25) is 9.59 Å². The minimum atomic E-state index is -1.25. The third-order valence-corrected chi connectivity index (χ3v) is 3.46. The van der Waals surface area contributed by atoms with Crippen LogP contribution >= 0.6 is 0 Å². The molecule has 0 bridgehead atoms. The largest absolute Gasteiger partial charge is 0.459 e. The zero-order valence-corrected chi connectivity index (χ0v) is 14.3. The first-order chi connectivity index (χ1) is 9.27. The van der Waals surface area contributed by atoms with Gasteiger partial charge in [0, 0.05) is 0 Å². The van der Waals surface area contributed by atoms with Crippen molar-refractivity contribution >= 4 is 11.9 Å². The fraction of sp³-hybridized carbons (Fsp3) is 0.765. The second kappa shape index (κ2) is 5.47. The molecule has 4 nitrogen and oxygen atoms in total. The summed E-state index contributed by atoms with van der Waals surface area (Å²) in [5.41, 5.74) is -1.64. The van der Waals surface area contributed by atoms with E-state index in [1.165, 1.54) is 0 Å². The Kier molecular flexibility index (Phi) is 4.62. The summed E-state index contributed by atoms with van der Waals surface area (Å²) in [6.45, 7) is 16.7. The average Bonchev–Trinajstić information content (AvgIpc) is 2.51. The summed E-state index contributed by atoms with van der Waals surface area (Å²) in [5.74, 6) is -0.908. The first-order valence-corrected chi connectivity index (χ1v) is 7.41. The Morgan fingerprint density at radius 1 is 1.05 bits per heavy atom. The number of hydrogen-bond acceptors (Lipinski definition) is 4. The molecule has 0 aromatic heterocycles. The third-order valence-electron chi connectivity index (χ3n) is 3.46. The fourth-order valence-corrected chi connectivity index (χ4v) is 2.45. The SMILES string of the molecule is C=C1CC(C(=O)OC(C)(C)C)(C(=O)OC(C)(C)C)C[C@H]1C. The lowest BCUT2D eigenvalue weighted by molar-refractivity contribution is -0.185. The molecule has 1 fully saturated rings. The predicted octanol–water partition coefficient (Wildman–Crippen LogP) is 3.64. The number of ether oxygens (including phenoxy) is 2. The van der Waals surface area contributed by atoms with Gasteiger partial charge in [-0.1, -0.05) is 19.1 Å². The molecule has 0 unspecified atom stereocenters. The second-order valence-electron chi connectivity index (χ2n) is 8.03. The summed E-state index contributed by atoms with van der Waals surface area (Å²) in [6, 6.07) is 0. The lowest BCUT2D eigenvalue weighted by Gasteiger charge is -2.32. The highest BCUT2D eigenvalue weighted by molar-refractivity contribution is 6.01. The van der Waals surface area contributed by atoms with Gasteiger partial charge in [0.2, 0.25) is 0 Å². The summed E-state index contributed by atoms with van der Waals surface area (Å²) < 4.78 is 11.0. The number of rotatable bonds is 2. The molecule has 0 aromatic rings. The Labute approximate surface area is 127 Å². The van der Waals surface area contributed by atoms with Gasteiger partial charge < -0.3 is 9.47 Å². The van der Waals surface area contributed by atoms with E-state index in [9.17, 15) is 9.59 Å². The minimum absolute atomic E-state index is 0.102. The van der Waals surface area contributed by atoms with Gasteiger partial charge in [0.15, 0.2) is 5.41 Å². The minimum Gasteiger partial charge on any atom is -0.459 e. The van der Waals surface area contributed by atoms with E-state index in [1.807, 2.05) is 6.92 Å². The van der Waals surface area contributed by atoms with Crippen LogP contribution < -0.4 is 0 Å². The summed E-state index contributed by atoms with van der Waals surface area (Å²) in [5, 5.41) is 0. The molecule has 4 heteroatoms. The van der Waals surface area contributed by atoms with Gasteiger partial charge in [0.05, 0.1) is 0 Å². The van der Waals surface area contributed by atoms with Gasteiger partial charge in [-0.15, -0.1) is 0 Å². The quantitative estimate of drug-likeness (QED) is 0.443. The highest BCUT2D eigenvalue weighted by Crippen LogP contribution is 2.47. The number of allylic oxidation sites excluding steroid dienone is 1. The van der Waals surface area contributed by atoms with Crippen LogP contribution in [0.5, 0.6) is 0 Å². The monoisotopic (exact) mass is 296 g/mol. The average molecular weight is 296 g/mol. The first kappa shape index (κ1) is 17.7. The maximum Gasteiger partial charge on any atom is 0.324 e. The third kappa shape index (κ3) is 4.32. The number of esters is 2. The van der Waals surface area contributed by atoms with E-state index >= 15 is 0 Å². The van der Waals surface area contributed by atoms with E-state index < -0.39 is 28.6 Å². The van der Waals surface area contributed by atoms with Crippen molar-refractivity contribution in [3.63, 3.8) is 0 Å². The lowest BCUT2D eigenvalue weighted by atomic mass is 9.84. The van der Waals surface area contributed by atoms with E-state index in [2.05, 4.69) is 6.58 Å². The molecular formula is C17H28O4. The Morgan fingerprint density at radius 3 is 1.67 bits per heavy atom. The van der Waals surface area contributed by atoms with Crippen LogP contribution in [0.2, 0.25) is 0 Å². The van der Waals surface area contributed by atoms with Crippen LogP contribution in [-0.4, -0.2) is 23.1 Å². The van der Waals surface area contributed by atoms with Crippen molar-refractivity contribution in [2.75, 3.05) is 0 Å². The highest BCUT2D eigenvalue weighted by atomic mass is 16.6. The van der Waals surface area contributed by atoms with Crippen molar-refractivity contribution in [3.8, 4) is 0 Å². The molecule has 1 saturated carbocycles. The van der Waals surface area contributed by atoms with Gasteiger partial charge in [0.1, 0.15) is 11.2 Å². The zero-order valence-electron chi connectivity index (χ0n) is 14.3.